The molecule has 0 spiro atoms. The molecule has 1 aromatic carbocycles. The van der Waals surface area contributed by atoms with Crippen LogP contribution in [0.25, 0.3) is 0 Å². The molecule has 2 N–H and O–H groups in total. The van der Waals surface area contributed by atoms with Crippen LogP contribution in [-0.4, -0.2) is 53.5 Å². The number of rotatable bonds is 7. The molecule has 1 aliphatic rings. The molecule has 1 saturated heterocycles. The molecule has 0 aromatic heterocycles. The van der Waals surface area contributed by atoms with Gasteiger partial charge in [0.1, 0.15) is 6.04 Å². The highest BCUT2D eigenvalue weighted by Crippen LogP contribution is 2.12. The molecule has 0 radical (unpaired) electrons. The van der Waals surface area contributed by atoms with E-state index >= 15 is 0 Å². The van der Waals surface area contributed by atoms with Crippen LogP contribution in [0.1, 0.15) is 48.5 Å². The largest absolute Gasteiger partial charge is 0.466 e. The van der Waals surface area contributed by atoms with Crippen molar-refractivity contribution in [3.8, 4) is 0 Å². The molecule has 28 heavy (non-hydrogen) atoms. The highest BCUT2D eigenvalue weighted by atomic mass is 32.1. The number of thiocarbonyl (C=S) groups is 1. The fraction of sp³-hybridized carbons (Fsp3) is 0.500. The van der Waals surface area contributed by atoms with E-state index in [-0.39, 0.29) is 23.3 Å². The van der Waals surface area contributed by atoms with Gasteiger partial charge >= 0.3 is 5.97 Å². The zero-order valence-electron chi connectivity index (χ0n) is 16.3. The Balaban J connectivity index is 1.96. The maximum Gasteiger partial charge on any atom is 0.308 e. The van der Waals surface area contributed by atoms with Crippen molar-refractivity contribution in [1.82, 2.24) is 15.5 Å². The first-order valence-corrected chi connectivity index (χ1v) is 9.95. The van der Waals surface area contributed by atoms with Crippen LogP contribution in [0.2, 0.25) is 0 Å². The Morgan fingerprint density at radius 1 is 1.29 bits per heavy atom. The van der Waals surface area contributed by atoms with Crippen LogP contribution >= 0.6 is 12.2 Å². The lowest BCUT2D eigenvalue weighted by atomic mass is 10.1. The molecule has 1 unspecified atom stereocenters. The summed E-state index contributed by atoms with van der Waals surface area (Å²) < 4.78 is 5.21. The van der Waals surface area contributed by atoms with Gasteiger partial charge in [0.25, 0.3) is 5.91 Å². The van der Waals surface area contributed by atoms with Crippen molar-refractivity contribution in [2.24, 2.45) is 0 Å². The monoisotopic (exact) mass is 405 g/mol. The van der Waals surface area contributed by atoms with Crippen LogP contribution in [-0.2, 0) is 14.3 Å². The van der Waals surface area contributed by atoms with Gasteiger partial charge in [0.15, 0.2) is 5.11 Å². The summed E-state index contributed by atoms with van der Waals surface area (Å²) >= 11 is 5.34. The maximum absolute atomic E-state index is 12.4. The van der Waals surface area contributed by atoms with Gasteiger partial charge in [0, 0.05) is 18.7 Å². The summed E-state index contributed by atoms with van der Waals surface area (Å²) in [5, 5.41) is 5.51. The van der Waals surface area contributed by atoms with Gasteiger partial charge in [-0.2, -0.15) is 0 Å². The fourth-order valence-corrected chi connectivity index (χ4v) is 3.17. The molecule has 7 nitrogen and oxygen atoms in total. The number of piperazine rings is 1. The van der Waals surface area contributed by atoms with Crippen LogP contribution in [0.4, 0.5) is 0 Å². The van der Waals surface area contributed by atoms with E-state index in [1.54, 1.807) is 17.0 Å². The quantitative estimate of drug-likeness (QED) is 0.410. The number of unbranched alkanes of at least 4 members (excludes halogenated alkanes) is 2. The molecule has 1 fully saturated rings. The Bertz CT molecular complexity index is 721. The van der Waals surface area contributed by atoms with Crippen molar-refractivity contribution in [3.63, 3.8) is 0 Å². The number of aryl methyl sites for hydroxylation is 1. The van der Waals surface area contributed by atoms with Crippen molar-refractivity contribution in [2.75, 3.05) is 19.7 Å². The Morgan fingerprint density at radius 2 is 2.00 bits per heavy atom. The molecule has 2 amide bonds. The molecule has 0 bridgehead atoms. The van der Waals surface area contributed by atoms with Crippen LogP contribution in [0.15, 0.2) is 24.3 Å². The van der Waals surface area contributed by atoms with Crippen molar-refractivity contribution in [2.45, 2.75) is 45.6 Å². The summed E-state index contributed by atoms with van der Waals surface area (Å²) in [6, 6.07) is 6.30. The van der Waals surface area contributed by atoms with Gasteiger partial charge < -0.3 is 15.0 Å². The van der Waals surface area contributed by atoms with E-state index in [0.29, 0.717) is 25.3 Å². The highest BCUT2D eigenvalue weighted by molar-refractivity contribution is 7.80. The molecule has 8 heteroatoms. The fourth-order valence-electron chi connectivity index (χ4n) is 2.86. The molecule has 0 saturated carbocycles. The SMILES string of the molecule is CCCCCOC(=O)CC1C(=O)NCCN1C(=S)NC(=O)c1ccc(C)cc1. The van der Waals surface area contributed by atoms with E-state index in [1.165, 1.54) is 0 Å². The lowest BCUT2D eigenvalue weighted by Crippen LogP contribution is -2.60. The molecule has 0 aliphatic carbocycles. The summed E-state index contributed by atoms with van der Waals surface area (Å²) in [4.78, 5) is 38.4. The lowest BCUT2D eigenvalue weighted by Gasteiger charge is -2.36. The van der Waals surface area contributed by atoms with E-state index < -0.39 is 12.0 Å². The third-order valence-electron chi connectivity index (χ3n) is 4.50. The predicted octanol–water partition coefficient (Wildman–Crippen LogP) is 1.93. The topological polar surface area (TPSA) is 87.7 Å². The van der Waals surface area contributed by atoms with E-state index in [4.69, 9.17) is 17.0 Å². The number of nitrogens with zero attached hydrogens (tertiary/aromatic N) is 1. The predicted molar refractivity (Wildman–Crippen MR) is 110 cm³/mol. The molecular weight excluding hydrogens is 378 g/mol. The number of hydrogen-bond acceptors (Lipinski definition) is 5. The molecule has 2 rings (SSSR count). The van der Waals surface area contributed by atoms with Crippen LogP contribution in [0, 0.1) is 6.92 Å². The minimum Gasteiger partial charge on any atom is -0.466 e. The number of ether oxygens (including phenoxy) is 1. The van der Waals surface area contributed by atoms with Crippen molar-refractivity contribution >= 4 is 35.1 Å². The Labute approximate surface area is 170 Å². The van der Waals surface area contributed by atoms with E-state index in [9.17, 15) is 14.4 Å². The minimum atomic E-state index is -0.793. The average molecular weight is 406 g/mol. The second kappa shape index (κ2) is 10.8. The number of carbonyl (C=O) groups is 3. The van der Waals surface area contributed by atoms with E-state index in [0.717, 1.165) is 24.8 Å². The molecule has 1 aromatic rings. The van der Waals surface area contributed by atoms with Crippen molar-refractivity contribution < 1.29 is 19.1 Å². The molecule has 1 atom stereocenters. The minimum absolute atomic E-state index is 0.113. The van der Waals surface area contributed by atoms with Gasteiger partial charge in [-0.25, -0.2) is 0 Å². The summed E-state index contributed by atoms with van der Waals surface area (Å²) in [6.07, 6.45) is 2.70. The third kappa shape index (κ3) is 6.30. The molecule has 1 aliphatic heterocycles. The highest BCUT2D eigenvalue weighted by Gasteiger charge is 2.34. The van der Waals surface area contributed by atoms with Gasteiger partial charge in [-0.1, -0.05) is 37.5 Å². The van der Waals surface area contributed by atoms with Crippen molar-refractivity contribution in [3.05, 3.63) is 35.4 Å². The van der Waals surface area contributed by atoms with Gasteiger partial charge in [0.2, 0.25) is 5.91 Å². The summed E-state index contributed by atoms with van der Waals surface area (Å²) in [5.41, 5.74) is 1.52. The molecular formula is C20H27N3O4S. The zero-order valence-corrected chi connectivity index (χ0v) is 17.1. The first kappa shape index (κ1) is 21.8. The number of esters is 1. The molecule has 1 heterocycles. The number of benzene rings is 1. The van der Waals surface area contributed by atoms with Gasteiger partial charge in [0.05, 0.1) is 13.0 Å². The Kier molecular flexibility index (Phi) is 8.38. The van der Waals surface area contributed by atoms with E-state index in [1.807, 2.05) is 19.1 Å². The maximum atomic E-state index is 12.4. The first-order valence-electron chi connectivity index (χ1n) is 9.54. The first-order chi connectivity index (χ1) is 13.4. The normalized spacial score (nSPS) is 16.3. The van der Waals surface area contributed by atoms with E-state index in [2.05, 4.69) is 17.6 Å². The number of amides is 2. The zero-order chi connectivity index (χ0) is 20.5. The van der Waals surface area contributed by atoms with Gasteiger partial charge in [-0.3, -0.25) is 19.7 Å². The van der Waals surface area contributed by atoms with Crippen LogP contribution in [0.5, 0.6) is 0 Å². The Hall–Kier alpha value is -2.48. The smallest absolute Gasteiger partial charge is 0.308 e. The van der Waals surface area contributed by atoms with Gasteiger partial charge in [-0.05, 0) is 37.7 Å². The lowest BCUT2D eigenvalue weighted by molar-refractivity contribution is -0.147. The summed E-state index contributed by atoms with van der Waals surface area (Å²) in [6.45, 7) is 5.14. The molecule has 152 valence electrons. The van der Waals surface area contributed by atoms with Crippen LogP contribution < -0.4 is 10.6 Å². The third-order valence-corrected chi connectivity index (χ3v) is 4.83. The summed E-state index contributed by atoms with van der Waals surface area (Å²) in [7, 11) is 0. The van der Waals surface area contributed by atoms with Gasteiger partial charge in [-0.15, -0.1) is 0 Å². The second-order valence-corrected chi connectivity index (χ2v) is 7.14. The number of carbonyl (C=O) groups excluding carboxylic acids is 3. The van der Waals surface area contributed by atoms with Crippen molar-refractivity contribution in [1.29, 1.82) is 0 Å². The number of hydrogen-bond donors (Lipinski definition) is 2. The summed E-state index contributed by atoms with van der Waals surface area (Å²) in [5.74, 6) is -1.10. The average Bonchev–Trinajstić information content (AvgIpc) is 2.67. The standard InChI is InChI=1S/C20H27N3O4S/c1-3-4-5-12-27-17(24)13-16-19(26)21-10-11-23(16)20(28)22-18(25)15-8-6-14(2)7-9-15/h6-9,16H,3-5,10-13H2,1-2H3,(H,21,26)(H,22,25,28). The second-order valence-electron chi connectivity index (χ2n) is 6.76. The number of nitrogens with one attached hydrogen (secondary N) is 2. The van der Waals surface area contributed by atoms with Crippen LogP contribution in [0.3, 0.4) is 0 Å². The Morgan fingerprint density at radius 3 is 2.68 bits per heavy atom.